The monoisotopic (exact) mass is 294 g/mol. The molecule has 6 heteroatoms. The molecule has 1 aliphatic rings. The molecule has 1 aromatic rings. The van der Waals surface area contributed by atoms with Crippen LogP contribution in [0.15, 0.2) is 18.2 Å². The van der Waals surface area contributed by atoms with Gasteiger partial charge in [0, 0.05) is 12.2 Å². The minimum Gasteiger partial charge on any atom is -0.478 e. The van der Waals surface area contributed by atoms with Crippen molar-refractivity contribution in [2.75, 3.05) is 23.4 Å². The lowest BCUT2D eigenvalue weighted by Crippen LogP contribution is -2.33. The number of carbonyl (C=O) groups excluding carboxylic acids is 1. The van der Waals surface area contributed by atoms with Gasteiger partial charge in [0.2, 0.25) is 0 Å². The molecule has 0 spiro atoms. The van der Waals surface area contributed by atoms with E-state index in [-0.39, 0.29) is 11.6 Å². The molecule has 1 saturated heterocycles. The molecule has 2 amide bonds. The van der Waals surface area contributed by atoms with Crippen molar-refractivity contribution in [1.82, 2.24) is 5.32 Å². The van der Waals surface area contributed by atoms with Crippen molar-refractivity contribution in [3.63, 3.8) is 0 Å². The minimum atomic E-state index is -1.00. The first-order valence-corrected chi connectivity index (χ1v) is 7.68. The van der Waals surface area contributed by atoms with Gasteiger partial charge in [-0.1, -0.05) is 6.07 Å². The number of rotatable bonds is 4. The Kier molecular flexibility index (Phi) is 4.89. The molecule has 0 radical (unpaired) electrons. The SMILES string of the molecule is Cc1ccc(C(=O)O)cc1NC(=O)NCC1CCSC1. The van der Waals surface area contributed by atoms with Crippen molar-refractivity contribution in [2.24, 2.45) is 5.92 Å². The van der Waals surface area contributed by atoms with Crippen molar-refractivity contribution >= 4 is 29.4 Å². The Labute approximate surface area is 122 Å². The van der Waals surface area contributed by atoms with Crippen molar-refractivity contribution in [2.45, 2.75) is 13.3 Å². The number of benzene rings is 1. The highest BCUT2D eigenvalue weighted by Gasteiger charge is 2.16. The van der Waals surface area contributed by atoms with E-state index in [4.69, 9.17) is 5.11 Å². The van der Waals surface area contributed by atoms with E-state index in [1.807, 2.05) is 18.7 Å². The van der Waals surface area contributed by atoms with Crippen molar-refractivity contribution in [3.8, 4) is 0 Å². The number of carboxylic acids is 1. The van der Waals surface area contributed by atoms with Gasteiger partial charge in [-0.05, 0) is 48.5 Å². The molecule has 0 aromatic heterocycles. The molecule has 1 heterocycles. The Balaban J connectivity index is 1.92. The topological polar surface area (TPSA) is 78.4 Å². The summed E-state index contributed by atoms with van der Waals surface area (Å²) < 4.78 is 0. The van der Waals surface area contributed by atoms with Crippen LogP contribution in [0.25, 0.3) is 0 Å². The molecular weight excluding hydrogens is 276 g/mol. The first-order valence-electron chi connectivity index (χ1n) is 6.53. The highest BCUT2D eigenvalue weighted by atomic mass is 32.2. The zero-order chi connectivity index (χ0) is 14.5. The molecule has 108 valence electrons. The van der Waals surface area contributed by atoms with Gasteiger partial charge in [-0.3, -0.25) is 0 Å². The summed E-state index contributed by atoms with van der Waals surface area (Å²) in [6.07, 6.45) is 1.14. The fraction of sp³-hybridized carbons (Fsp3) is 0.429. The second-order valence-electron chi connectivity index (χ2n) is 4.90. The third-order valence-corrected chi connectivity index (χ3v) is 4.54. The summed E-state index contributed by atoms with van der Waals surface area (Å²) >= 11 is 1.91. The highest BCUT2D eigenvalue weighted by molar-refractivity contribution is 7.99. The average molecular weight is 294 g/mol. The average Bonchev–Trinajstić information content (AvgIpc) is 2.92. The van der Waals surface area contributed by atoms with Gasteiger partial charge in [0.05, 0.1) is 5.56 Å². The lowest BCUT2D eigenvalue weighted by atomic mass is 10.1. The van der Waals surface area contributed by atoms with Crippen LogP contribution in [0.3, 0.4) is 0 Å². The molecule has 20 heavy (non-hydrogen) atoms. The van der Waals surface area contributed by atoms with E-state index >= 15 is 0 Å². The van der Waals surface area contributed by atoms with Crippen LogP contribution in [-0.2, 0) is 0 Å². The van der Waals surface area contributed by atoms with Crippen LogP contribution >= 0.6 is 11.8 Å². The highest BCUT2D eigenvalue weighted by Crippen LogP contribution is 2.22. The number of amides is 2. The van der Waals surface area contributed by atoms with Crippen LogP contribution in [0, 0.1) is 12.8 Å². The Morgan fingerprint density at radius 2 is 2.25 bits per heavy atom. The van der Waals surface area contributed by atoms with E-state index in [2.05, 4.69) is 10.6 Å². The molecule has 0 bridgehead atoms. The first kappa shape index (κ1) is 14.7. The fourth-order valence-electron chi connectivity index (χ4n) is 2.04. The summed E-state index contributed by atoms with van der Waals surface area (Å²) in [7, 11) is 0. The quantitative estimate of drug-likeness (QED) is 0.797. The van der Waals surface area contributed by atoms with Gasteiger partial charge < -0.3 is 15.7 Å². The third kappa shape index (κ3) is 3.90. The molecule has 1 aliphatic heterocycles. The fourth-order valence-corrected chi connectivity index (χ4v) is 3.32. The zero-order valence-corrected chi connectivity index (χ0v) is 12.1. The standard InChI is InChI=1S/C14H18N2O3S/c1-9-2-3-11(13(17)18)6-12(9)16-14(19)15-7-10-4-5-20-8-10/h2-3,6,10H,4-5,7-8H2,1H3,(H,17,18)(H2,15,16,19). The molecule has 0 saturated carbocycles. The van der Waals surface area contributed by atoms with Gasteiger partial charge in [0.1, 0.15) is 0 Å². The summed E-state index contributed by atoms with van der Waals surface area (Å²) in [5, 5.41) is 14.5. The zero-order valence-electron chi connectivity index (χ0n) is 11.3. The van der Waals surface area contributed by atoms with Crippen LogP contribution in [-0.4, -0.2) is 35.2 Å². The van der Waals surface area contributed by atoms with E-state index in [0.29, 0.717) is 18.2 Å². The van der Waals surface area contributed by atoms with Gasteiger partial charge in [0.25, 0.3) is 0 Å². The van der Waals surface area contributed by atoms with E-state index < -0.39 is 5.97 Å². The summed E-state index contributed by atoms with van der Waals surface area (Å²) in [5.41, 5.74) is 1.53. The molecule has 5 nitrogen and oxygen atoms in total. The largest absolute Gasteiger partial charge is 0.478 e. The number of urea groups is 1. The Bertz CT molecular complexity index is 513. The predicted octanol–water partition coefficient (Wildman–Crippen LogP) is 2.57. The molecule has 1 atom stereocenters. The van der Waals surface area contributed by atoms with Crippen LogP contribution in [0.2, 0.25) is 0 Å². The van der Waals surface area contributed by atoms with Gasteiger partial charge in [0.15, 0.2) is 0 Å². The predicted molar refractivity (Wildman–Crippen MR) is 80.6 cm³/mol. The first-order chi connectivity index (χ1) is 9.56. The Hall–Kier alpha value is -1.69. The van der Waals surface area contributed by atoms with Gasteiger partial charge in [-0.15, -0.1) is 0 Å². The maximum absolute atomic E-state index is 11.8. The lowest BCUT2D eigenvalue weighted by Gasteiger charge is -2.13. The molecule has 1 unspecified atom stereocenters. The van der Waals surface area contributed by atoms with Crippen molar-refractivity contribution in [1.29, 1.82) is 0 Å². The summed E-state index contributed by atoms with van der Waals surface area (Å²) in [6.45, 7) is 2.49. The number of hydrogen-bond acceptors (Lipinski definition) is 3. The second-order valence-corrected chi connectivity index (χ2v) is 6.05. The maximum Gasteiger partial charge on any atom is 0.335 e. The van der Waals surface area contributed by atoms with E-state index in [1.54, 1.807) is 6.07 Å². The minimum absolute atomic E-state index is 0.165. The van der Waals surface area contributed by atoms with Crippen LogP contribution in [0.5, 0.6) is 0 Å². The number of hydrogen-bond donors (Lipinski definition) is 3. The van der Waals surface area contributed by atoms with Gasteiger partial charge in [-0.2, -0.15) is 11.8 Å². The number of nitrogens with one attached hydrogen (secondary N) is 2. The molecule has 1 fully saturated rings. The van der Waals surface area contributed by atoms with E-state index in [9.17, 15) is 9.59 Å². The van der Waals surface area contributed by atoms with Gasteiger partial charge >= 0.3 is 12.0 Å². The number of carboxylic acid groups (broad SMARTS) is 1. The van der Waals surface area contributed by atoms with Crippen LogP contribution < -0.4 is 10.6 Å². The third-order valence-electron chi connectivity index (χ3n) is 3.31. The Morgan fingerprint density at radius 3 is 2.90 bits per heavy atom. The van der Waals surface area contributed by atoms with E-state index in [0.717, 1.165) is 23.5 Å². The number of aromatic carboxylic acids is 1. The number of thioether (sulfide) groups is 1. The lowest BCUT2D eigenvalue weighted by molar-refractivity contribution is 0.0697. The van der Waals surface area contributed by atoms with Crippen molar-refractivity contribution < 1.29 is 14.7 Å². The van der Waals surface area contributed by atoms with E-state index in [1.165, 1.54) is 12.1 Å². The van der Waals surface area contributed by atoms with Crippen LogP contribution in [0.4, 0.5) is 10.5 Å². The second kappa shape index (κ2) is 6.65. The van der Waals surface area contributed by atoms with Gasteiger partial charge in [-0.25, -0.2) is 9.59 Å². The van der Waals surface area contributed by atoms with Crippen molar-refractivity contribution in [3.05, 3.63) is 29.3 Å². The normalized spacial score (nSPS) is 17.8. The summed E-state index contributed by atoms with van der Waals surface area (Å²) in [6, 6.07) is 4.40. The van der Waals surface area contributed by atoms with Crippen LogP contribution in [0.1, 0.15) is 22.3 Å². The molecule has 3 N–H and O–H groups in total. The number of aryl methyl sites for hydroxylation is 1. The summed E-state index contributed by atoms with van der Waals surface area (Å²) in [4.78, 5) is 22.7. The number of anilines is 1. The number of carbonyl (C=O) groups is 2. The molecule has 2 rings (SSSR count). The summed E-state index contributed by atoms with van der Waals surface area (Å²) in [5.74, 6) is 1.79. The molecule has 1 aromatic carbocycles. The molecular formula is C14H18N2O3S. The maximum atomic E-state index is 11.8. The molecule has 0 aliphatic carbocycles. The Morgan fingerprint density at radius 1 is 1.45 bits per heavy atom. The smallest absolute Gasteiger partial charge is 0.335 e.